The minimum absolute atomic E-state index is 0.184. The lowest BCUT2D eigenvalue weighted by Gasteiger charge is -2.12. The van der Waals surface area contributed by atoms with Crippen LogP contribution < -0.4 is 10.5 Å². The minimum atomic E-state index is -3.96. The molecule has 2 aromatic rings. The molecular formula is C14H12FN3O2S. The van der Waals surface area contributed by atoms with Crippen molar-refractivity contribution in [1.29, 1.82) is 5.26 Å². The van der Waals surface area contributed by atoms with E-state index >= 15 is 0 Å². The van der Waals surface area contributed by atoms with Crippen molar-refractivity contribution >= 4 is 21.4 Å². The quantitative estimate of drug-likeness (QED) is 0.851. The highest BCUT2D eigenvalue weighted by molar-refractivity contribution is 7.92. The number of hydrogen-bond donors (Lipinski definition) is 2. The second kappa shape index (κ2) is 5.42. The predicted molar refractivity (Wildman–Crippen MR) is 77.5 cm³/mol. The Bertz CT molecular complexity index is 842. The standard InChI is InChI=1S/C14H12FN3O2S/c1-9-2-3-10(8-16)6-13(9)18-21(19,20)14-5-4-11(15)7-12(14)17/h2-7,18H,17H2,1H3. The third-order valence-corrected chi connectivity index (χ3v) is 4.31. The molecule has 0 fully saturated rings. The highest BCUT2D eigenvalue weighted by Crippen LogP contribution is 2.24. The van der Waals surface area contributed by atoms with Crippen LogP contribution in [0.5, 0.6) is 0 Å². The largest absolute Gasteiger partial charge is 0.398 e. The summed E-state index contributed by atoms with van der Waals surface area (Å²) in [7, 11) is -3.96. The van der Waals surface area contributed by atoms with Crippen molar-refractivity contribution in [1.82, 2.24) is 0 Å². The third kappa shape index (κ3) is 3.12. The van der Waals surface area contributed by atoms with Crippen LogP contribution >= 0.6 is 0 Å². The number of rotatable bonds is 3. The van der Waals surface area contributed by atoms with Gasteiger partial charge in [0, 0.05) is 0 Å². The first kappa shape index (κ1) is 14.8. The van der Waals surface area contributed by atoms with Gasteiger partial charge in [0.15, 0.2) is 0 Å². The molecule has 0 bridgehead atoms. The number of halogens is 1. The lowest BCUT2D eigenvalue weighted by Crippen LogP contribution is -2.15. The van der Waals surface area contributed by atoms with Gasteiger partial charge in [-0.05, 0) is 42.8 Å². The Morgan fingerprint density at radius 2 is 1.95 bits per heavy atom. The molecule has 5 nitrogen and oxygen atoms in total. The maximum Gasteiger partial charge on any atom is 0.263 e. The zero-order valence-corrected chi connectivity index (χ0v) is 11.9. The molecule has 0 heterocycles. The van der Waals surface area contributed by atoms with Gasteiger partial charge in [0.2, 0.25) is 0 Å². The summed E-state index contributed by atoms with van der Waals surface area (Å²) in [6.07, 6.45) is 0. The molecule has 21 heavy (non-hydrogen) atoms. The molecule has 108 valence electrons. The van der Waals surface area contributed by atoms with E-state index in [4.69, 9.17) is 11.0 Å². The lowest BCUT2D eigenvalue weighted by atomic mass is 10.1. The molecule has 0 radical (unpaired) electrons. The van der Waals surface area contributed by atoms with Crippen LogP contribution in [0.15, 0.2) is 41.3 Å². The Morgan fingerprint density at radius 3 is 2.57 bits per heavy atom. The number of anilines is 2. The third-order valence-electron chi connectivity index (χ3n) is 2.87. The van der Waals surface area contributed by atoms with Gasteiger partial charge < -0.3 is 5.73 Å². The minimum Gasteiger partial charge on any atom is -0.398 e. The first-order valence-corrected chi connectivity index (χ1v) is 7.40. The number of benzene rings is 2. The Morgan fingerprint density at radius 1 is 1.24 bits per heavy atom. The maximum absolute atomic E-state index is 13.0. The highest BCUT2D eigenvalue weighted by atomic mass is 32.2. The molecule has 0 aromatic heterocycles. The van der Waals surface area contributed by atoms with Crippen LogP contribution in [-0.2, 0) is 10.0 Å². The molecular weight excluding hydrogens is 293 g/mol. The van der Waals surface area contributed by atoms with Crippen molar-refractivity contribution in [3.63, 3.8) is 0 Å². The van der Waals surface area contributed by atoms with Gasteiger partial charge in [0.05, 0.1) is 23.0 Å². The van der Waals surface area contributed by atoms with E-state index in [2.05, 4.69) is 4.72 Å². The average molecular weight is 305 g/mol. The van der Waals surface area contributed by atoms with Crippen molar-refractivity contribution < 1.29 is 12.8 Å². The summed E-state index contributed by atoms with van der Waals surface area (Å²) in [6, 6.07) is 9.61. The van der Waals surface area contributed by atoms with Gasteiger partial charge in [-0.2, -0.15) is 5.26 Å². The van der Waals surface area contributed by atoms with Crippen molar-refractivity contribution in [2.75, 3.05) is 10.5 Å². The molecule has 0 atom stereocenters. The van der Waals surface area contributed by atoms with Gasteiger partial charge >= 0.3 is 0 Å². The number of aryl methyl sites for hydroxylation is 1. The molecule has 0 aliphatic rings. The van der Waals surface area contributed by atoms with E-state index in [0.717, 1.165) is 18.2 Å². The summed E-state index contributed by atoms with van der Waals surface area (Å²) >= 11 is 0. The zero-order chi connectivity index (χ0) is 15.6. The normalized spacial score (nSPS) is 10.9. The van der Waals surface area contributed by atoms with Crippen molar-refractivity contribution in [2.24, 2.45) is 0 Å². The van der Waals surface area contributed by atoms with Crippen LogP contribution in [0.4, 0.5) is 15.8 Å². The van der Waals surface area contributed by atoms with Crippen LogP contribution in [0.1, 0.15) is 11.1 Å². The molecule has 0 saturated carbocycles. The van der Waals surface area contributed by atoms with Gasteiger partial charge in [0.1, 0.15) is 10.7 Å². The fourth-order valence-electron chi connectivity index (χ4n) is 1.77. The maximum atomic E-state index is 13.0. The van der Waals surface area contributed by atoms with E-state index in [0.29, 0.717) is 11.1 Å². The smallest absolute Gasteiger partial charge is 0.263 e. The molecule has 3 N–H and O–H groups in total. The molecule has 2 aromatic carbocycles. The van der Waals surface area contributed by atoms with Gasteiger partial charge in [-0.15, -0.1) is 0 Å². The van der Waals surface area contributed by atoms with Crippen LogP contribution in [0.25, 0.3) is 0 Å². The number of nitrogens with one attached hydrogen (secondary N) is 1. The van der Waals surface area contributed by atoms with Gasteiger partial charge in [-0.25, -0.2) is 12.8 Å². The average Bonchev–Trinajstić information content (AvgIpc) is 2.40. The first-order valence-electron chi connectivity index (χ1n) is 5.92. The topological polar surface area (TPSA) is 96.0 Å². The summed E-state index contributed by atoms with van der Waals surface area (Å²) in [5, 5.41) is 8.85. The Kier molecular flexibility index (Phi) is 3.82. The summed E-state index contributed by atoms with van der Waals surface area (Å²) in [4.78, 5) is -0.217. The summed E-state index contributed by atoms with van der Waals surface area (Å²) in [5.74, 6) is -0.617. The number of sulfonamides is 1. The second-order valence-corrected chi connectivity index (χ2v) is 6.08. The predicted octanol–water partition coefficient (Wildman–Crippen LogP) is 2.39. The van der Waals surface area contributed by atoms with E-state index in [1.165, 1.54) is 6.07 Å². The monoisotopic (exact) mass is 305 g/mol. The fraction of sp³-hybridized carbons (Fsp3) is 0.0714. The number of nitrogens with two attached hydrogens (primary N) is 1. The second-order valence-electron chi connectivity index (χ2n) is 4.43. The molecule has 2 rings (SSSR count). The molecule has 0 unspecified atom stereocenters. The van der Waals surface area contributed by atoms with E-state index < -0.39 is 15.8 Å². The van der Waals surface area contributed by atoms with Crippen LogP contribution in [0, 0.1) is 24.1 Å². The van der Waals surface area contributed by atoms with Crippen molar-refractivity contribution in [2.45, 2.75) is 11.8 Å². The number of nitrogens with zero attached hydrogens (tertiary/aromatic N) is 1. The Balaban J connectivity index is 2.45. The van der Waals surface area contributed by atoms with Gasteiger partial charge in [-0.1, -0.05) is 6.07 Å². The van der Waals surface area contributed by atoms with Gasteiger partial charge in [0.25, 0.3) is 10.0 Å². The Hall–Kier alpha value is -2.59. The van der Waals surface area contributed by atoms with Crippen LogP contribution in [0.2, 0.25) is 0 Å². The SMILES string of the molecule is Cc1ccc(C#N)cc1NS(=O)(=O)c1ccc(F)cc1N. The molecule has 7 heteroatoms. The van der Waals surface area contributed by atoms with Crippen LogP contribution in [-0.4, -0.2) is 8.42 Å². The van der Waals surface area contributed by atoms with Crippen LogP contribution in [0.3, 0.4) is 0 Å². The lowest BCUT2D eigenvalue weighted by molar-refractivity contribution is 0.600. The van der Waals surface area contributed by atoms with Gasteiger partial charge in [-0.3, -0.25) is 4.72 Å². The highest BCUT2D eigenvalue weighted by Gasteiger charge is 2.19. The zero-order valence-electron chi connectivity index (χ0n) is 11.1. The summed E-state index contributed by atoms with van der Waals surface area (Å²) in [5.41, 5.74) is 6.61. The van der Waals surface area contributed by atoms with Crippen molar-refractivity contribution in [3.8, 4) is 6.07 Å². The molecule has 0 saturated heterocycles. The molecule has 0 aliphatic carbocycles. The number of hydrogen-bond acceptors (Lipinski definition) is 4. The van der Waals surface area contributed by atoms with Crippen molar-refractivity contribution in [3.05, 3.63) is 53.3 Å². The summed E-state index contributed by atoms with van der Waals surface area (Å²) in [6.45, 7) is 1.70. The first-order chi connectivity index (χ1) is 9.83. The Labute approximate surface area is 121 Å². The van der Waals surface area contributed by atoms with E-state index in [9.17, 15) is 12.8 Å². The van der Waals surface area contributed by atoms with E-state index in [-0.39, 0.29) is 16.3 Å². The summed E-state index contributed by atoms with van der Waals surface area (Å²) < 4.78 is 39.9. The number of nitrogen functional groups attached to an aromatic ring is 1. The molecule has 0 aliphatic heterocycles. The fourth-order valence-corrected chi connectivity index (χ4v) is 3.00. The van der Waals surface area contributed by atoms with E-state index in [1.54, 1.807) is 19.1 Å². The molecule has 0 amide bonds. The van der Waals surface area contributed by atoms with E-state index in [1.807, 2.05) is 6.07 Å². The number of nitriles is 1. The molecule has 0 spiro atoms.